The molecule has 0 aromatic heterocycles. The van der Waals surface area contributed by atoms with Gasteiger partial charge < -0.3 is 10.2 Å². The number of hydrogen-bond donors (Lipinski definition) is 2. The van der Waals surface area contributed by atoms with Crippen molar-refractivity contribution in [2.45, 2.75) is 38.0 Å². The van der Waals surface area contributed by atoms with Gasteiger partial charge in [0, 0.05) is 30.0 Å². The van der Waals surface area contributed by atoms with Gasteiger partial charge in [-0.1, -0.05) is 30.3 Å². The van der Waals surface area contributed by atoms with Gasteiger partial charge in [0.25, 0.3) is 10.0 Å². The minimum atomic E-state index is -3.83. The van der Waals surface area contributed by atoms with Crippen molar-refractivity contribution in [2.75, 3.05) is 21.5 Å². The quantitative estimate of drug-likeness (QED) is 0.527. The monoisotopic (exact) mass is 477 g/mol. The molecule has 176 valence electrons. The average Bonchev–Trinajstić information content (AvgIpc) is 3.21. The third-order valence-corrected chi connectivity index (χ3v) is 7.24. The number of anilines is 3. The van der Waals surface area contributed by atoms with E-state index in [-0.39, 0.29) is 23.1 Å². The van der Waals surface area contributed by atoms with E-state index in [1.807, 2.05) is 37.3 Å². The molecule has 0 spiro atoms. The molecule has 8 heteroatoms. The molecule has 2 N–H and O–H groups in total. The number of nitrogens with zero attached hydrogens (tertiary/aromatic N) is 1. The summed E-state index contributed by atoms with van der Waals surface area (Å²) in [6, 6.07) is 19.3. The van der Waals surface area contributed by atoms with Crippen LogP contribution < -0.4 is 14.9 Å². The molecule has 1 saturated heterocycles. The third kappa shape index (κ3) is 5.46. The summed E-state index contributed by atoms with van der Waals surface area (Å²) in [4.78, 5) is 26.4. The van der Waals surface area contributed by atoms with Crippen LogP contribution in [0.25, 0.3) is 0 Å². The van der Waals surface area contributed by atoms with Crippen molar-refractivity contribution in [3.8, 4) is 0 Å². The first kappa shape index (κ1) is 23.5. The fraction of sp³-hybridized carbons (Fsp3) is 0.231. The van der Waals surface area contributed by atoms with E-state index in [0.29, 0.717) is 23.4 Å². The lowest BCUT2D eigenvalue weighted by Gasteiger charge is -2.16. The number of aryl methyl sites for hydroxylation is 2. The van der Waals surface area contributed by atoms with Gasteiger partial charge in [-0.15, -0.1) is 0 Å². The van der Waals surface area contributed by atoms with Gasteiger partial charge in [-0.25, -0.2) is 8.42 Å². The van der Waals surface area contributed by atoms with Crippen molar-refractivity contribution in [3.05, 3.63) is 83.4 Å². The van der Waals surface area contributed by atoms with Gasteiger partial charge in [-0.05, 0) is 73.4 Å². The van der Waals surface area contributed by atoms with Crippen LogP contribution in [-0.4, -0.2) is 26.8 Å². The van der Waals surface area contributed by atoms with E-state index in [2.05, 4.69) is 10.0 Å². The summed E-state index contributed by atoms with van der Waals surface area (Å²) in [6.45, 7) is 4.32. The molecule has 1 aliphatic heterocycles. The van der Waals surface area contributed by atoms with Gasteiger partial charge in [0.15, 0.2) is 0 Å². The summed E-state index contributed by atoms with van der Waals surface area (Å²) in [5, 5.41) is 2.78. The Morgan fingerprint density at radius 3 is 2.41 bits per heavy atom. The SMILES string of the molecule is Cc1cccc(NS(=O)(=O)c2cc(NC(=O)Cc3ccc(N4CCCC4=O)cc3)ccc2C)c1. The zero-order valence-electron chi connectivity index (χ0n) is 19.2. The maximum Gasteiger partial charge on any atom is 0.262 e. The molecular formula is C26H27N3O4S. The Kier molecular flexibility index (Phi) is 6.70. The highest BCUT2D eigenvalue weighted by atomic mass is 32.2. The number of benzene rings is 3. The van der Waals surface area contributed by atoms with E-state index in [4.69, 9.17) is 0 Å². The number of carbonyl (C=O) groups excluding carboxylic acids is 2. The maximum absolute atomic E-state index is 13.0. The largest absolute Gasteiger partial charge is 0.326 e. The predicted octanol–water partition coefficient (Wildman–Crippen LogP) is 4.41. The van der Waals surface area contributed by atoms with Crippen LogP contribution in [0.2, 0.25) is 0 Å². The second-order valence-electron chi connectivity index (χ2n) is 8.50. The van der Waals surface area contributed by atoms with Crippen LogP contribution in [0, 0.1) is 13.8 Å². The second kappa shape index (κ2) is 9.69. The molecule has 0 radical (unpaired) electrons. The molecule has 0 atom stereocenters. The molecule has 3 aromatic rings. The molecule has 0 bridgehead atoms. The van der Waals surface area contributed by atoms with Gasteiger partial charge in [-0.2, -0.15) is 0 Å². The Hall–Kier alpha value is -3.65. The van der Waals surface area contributed by atoms with Crippen LogP contribution in [0.15, 0.2) is 71.6 Å². The lowest BCUT2D eigenvalue weighted by Crippen LogP contribution is -2.23. The smallest absolute Gasteiger partial charge is 0.262 e. The standard InChI is InChI=1S/C26H27N3O4S/c1-18-5-3-6-22(15-18)28-34(32,33)24-17-21(11-8-19(24)2)27-25(30)16-20-9-12-23(13-10-20)29-14-4-7-26(29)31/h3,5-6,8-13,15,17,28H,4,7,14,16H2,1-2H3,(H,27,30). The van der Waals surface area contributed by atoms with Crippen molar-refractivity contribution in [2.24, 2.45) is 0 Å². The second-order valence-corrected chi connectivity index (χ2v) is 10.1. The first-order chi connectivity index (χ1) is 16.2. The van der Waals surface area contributed by atoms with E-state index < -0.39 is 10.0 Å². The Morgan fingerprint density at radius 1 is 0.971 bits per heavy atom. The van der Waals surface area contributed by atoms with Crippen molar-refractivity contribution in [1.29, 1.82) is 0 Å². The summed E-state index contributed by atoms with van der Waals surface area (Å²) >= 11 is 0. The summed E-state index contributed by atoms with van der Waals surface area (Å²) < 4.78 is 28.5. The minimum Gasteiger partial charge on any atom is -0.326 e. The third-order valence-electron chi connectivity index (χ3n) is 5.72. The highest BCUT2D eigenvalue weighted by Crippen LogP contribution is 2.24. The number of hydrogen-bond acceptors (Lipinski definition) is 4. The molecule has 1 aliphatic rings. The van der Waals surface area contributed by atoms with Crippen LogP contribution in [0.5, 0.6) is 0 Å². The molecule has 1 fully saturated rings. The van der Waals surface area contributed by atoms with Crippen LogP contribution in [-0.2, 0) is 26.0 Å². The van der Waals surface area contributed by atoms with E-state index in [0.717, 1.165) is 29.8 Å². The highest BCUT2D eigenvalue weighted by Gasteiger charge is 2.22. The fourth-order valence-corrected chi connectivity index (χ4v) is 5.31. The lowest BCUT2D eigenvalue weighted by molar-refractivity contribution is -0.117. The Morgan fingerprint density at radius 2 is 1.74 bits per heavy atom. The molecule has 4 rings (SSSR count). The first-order valence-electron chi connectivity index (χ1n) is 11.1. The number of amides is 2. The number of sulfonamides is 1. The van der Waals surface area contributed by atoms with Crippen LogP contribution in [0.1, 0.15) is 29.5 Å². The zero-order valence-corrected chi connectivity index (χ0v) is 20.0. The molecule has 0 saturated carbocycles. The van der Waals surface area contributed by atoms with E-state index >= 15 is 0 Å². The molecular weight excluding hydrogens is 450 g/mol. The Labute approximate surface area is 199 Å². The summed E-state index contributed by atoms with van der Waals surface area (Å²) in [5.74, 6) is -0.142. The van der Waals surface area contributed by atoms with E-state index in [1.54, 1.807) is 42.2 Å². The molecule has 7 nitrogen and oxygen atoms in total. The number of nitrogens with one attached hydrogen (secondary N) is 2. The molecule has 34 heavy (non-hydrogen) atoms. The molecule has 3 aromatic carbocycles. The fourth-order valence-electron chi connectivity index (χ4n) is 3.99. The minimum absolute atomic E-state index is 0.103. The van der Waals surface area contributed by atoms with Crippen molar-refractivity contribution in [1.82, 2.24) is 0 Å². The molecule has 0 unspecified atom stereocenters. The lowest BCUT2D eigenvalue weighted by atomic mass is 10.1. The average molecular weight is 478 g/mol. The molecule has 2 amide bonds. The summed E-state index contributed by atoms with van der Waals surface area (Å²) in [5.41, 5.74) is 4.03. The number of rotatable bonds is 7. The van der Waals surface area contributed by atoms with Crippen molar-refractivity contribution < 1.29 is 18.0 Å². The summed E-state index contributed by atoms with van der Waals surface area (Å²) in [7, 11) is -3.83. The highest BCUT2D eigenvalue weighted by molar-refractivity contribution is 7.92. The van der Waals surface area contributed by atoms with E-state index in [1.165, 1.54) is 6.07 Å². The zero-order chi connectivity index (χ0) is 24.3. The first-order valence-corrected chi connectivity index (χ1v) is 12.6. The van der Waals surface area contributed by atoms with Gasteiger partial charge in [0.05, 0.1) is 11.3 Å². The Balaban J connectivity index is 1.44. The maximum atomic E-state index is 13.0. The number of carbonyl (C=O) groups is 2. The Bertz CT molecular complexity index is 1330. The van der Waals surface area contributed by atoms with E-state index in [9.17, 15) is 18.0 Å². The van der Waals surface area contributed by atoms with Gasteiger partial charge in [-0.3, -0.25) is 14.3 Å². The predicted molar refractivity (Wildman–Crippen MR) is 134 cm³/mol. The van der Waals surface area contributed by atoms with Crippen molar-refractivity contribution in [3.63, 3.8) is 0 Å². The van der Waals surface area contributed by atoms with Gasteiger partial charge in [0.1, 0.15) is 0 Å². The van der Waals surface area contributed by atoms with Gasteiger partial charge >= 0.3 is 0 Å². The molecule has 1 heterocycles. The van der Waals surface area contributed by atoms with Crippen LogP contribution in [0.3, 0.4) is 0 Å². The topological polar surface area (TPSA) is 95.6 Å². The molecule has 0 aliphatic carbocycles. The normalized spacial score (nSPS) is 13.7. The van der Waals surface area contributed by atoms with Gasteiger partial charge in [0.2, 0.25) is 11.8 Å². The van der Waals surface area contributed by atoms with Crippen LogP contribution >= 0.6 is 0 Å². The summed E-state index contributed by atoms with van der Waals surface area (Å²) in [6.07, 6.45) is 1.56. The van der Waals surface area contributed by atoms with Crippen molar-refractivity contribution >= 4 is 38.9 Å². The van der Waals surface area contributed by atoms with Crippen LogP contribution in [0.4, 0.5) is 17.1 Å².